The van der Waals surface area contributed by atoms with E-state index in [4.69, 9.17) is 0 Å². The molecule has 2 aromatic heterocycles. The predicted octanol–water partition coefficient (Wildman–Crippen LogP) is 4.20. The molecule has 1 fully saturated rings. The molecule has 0 unspecified atom stereocenters. The quantitative estimate of drug-likeness (QED) is 0.554. The second-order valence-corrected chi connectivity index (χ2v) is 7.65. The van der Waals surface area contributed by atoms with E-state index < -0.39 is 0 Å². The van der Waals surface area contributed by atoms with Gasteiger partial charge in [0, 0.05) is 61.4 Å². The molecule has 2 aromatic carbocycles. The van der Waals surface area contributed by atoms with Crippen molar-refractivity contribution < 1.29 is 4.79 Å². The second-order valence-electron chi connectivity index (χ2n) is 7.65. The van der Waals surface area contributed by atoms with Crippen LogP contribution in [0.3, 0.4) is 0 Å². The molecule has 2 N–H and O–H groups in total. The van der Waals surface area contributed by atoms with Crippen molar-refractivity contribution in [1.29, 1.82) is 0 Å². The first-order valence-corrected chi connectivity index (χ1v) is 10.0. The number of rotatable bonds is 3. The Morgan fingerprint density at radius 2 is 1.93 bits per heavy atom. The summed E-state index contributed by atoms with van der Waals surface area (Å²) in [5, 5.41) is 4.85. The lowest BCUT2D eigenvalue weighted by Gasteiger charge is -2.32. The number of nitrogens with zero attached hydrogens (tertiary/aromatic N) is 3. The third kappa shape index (κ3) is 3.42. The van der Waals surface area contributed by atoms with Gasteiger partial charge in [0.25, 0.3) is 0 Å². The number of carbonyl (C=O) groups excluding carboxylic acids is 1. The van der Waals surface area contributed by atoms with Crippen molar-refractivity contribution >= 4 is 33.5 Å². The summed E-state index contributed by atoms with van der Waals surface area (Å²) < 4.78 is 0. The first kappa shape index (κ1) is 17.7. The van der Waals surface area contributed by atoms with Crippen LogP contribution in [0.15, 0.2) is 55.0 Å². The summed E-state index contributed by atoms with van der Waals surface area (Å²) in [5.41, 5.74) is 6.10. The van der Waals surface area contributed by atoms with Crippen LogP contribution in [0.25, 0.3) is 33.1 Å². The Bertz CT molecular complexity index is 1190. The van der Waals surface area contributed by atoms with Crippen LogP contribution in [0.2, 0.25) is 0 Å². The van der Waals surface area contributed by atoms with Crippen LogP contribution < -0.4 is 5.32 Å². The number of nitrogens with one attached hydrogen (secondary N) is 2. The maximum absolute atomic E-state index is 11.6. The number of H-pyrrole nitrogens is 1. The molecule has 0 saturated carbocycles. The van der Waals surface area contributed by atoms with E-state index >= 15 is 0 Å². The second kappa shape index (κ2) is 7.20. The summed E-state index contributed by atoms with van der Waals surface area (Å²) in [7, 11) is 0. The SMILES string of the molecule is CC(=O)N1CCC(Nc2cc(-c3ccc4cc[nH]c4c3)c3nccnc3c2)CC1. The number of aromatic amines is 1. The standard InChI is InChI=1S/C23H23N5O/c1-15(29)28-10-5-18(6-11-28)27-19-13-20(23-22(14-19)25-8-9-26-23)17-3-2-16-4-7-24-21(16)12-17/h2-4,7-9,12-14,18,24,27H,5-6,10-11H2,1H3. The highest BCUT2D eigenvalue weighted by atomic mass is 16.2. The van der Waals surface area contributed by atoms with Gasteiger partial charge in [-0.3, -0.25) is 14.8 Å². The Balaban J connectivity index is 1.50. The molecular formula is C23H23N5O. The highest BCUT2D eigenvalue weighted by Gasteiger charge is 2.21. The van der Waals surface area contributed by atoms with Crippen LogP contribution in [0.4, 0.5) is 5.69 Å². The number of fused-ring (bicyclic) bond motifs is 2. The van der Waals surface area contributed by atoms with Gasteiger partial charge in [-0.05, 0) is 48.1 Å². The van der Waals surface area contributed by atoms with Crippen LogP contribution >= 0.6 is 0 Å². The number of benzene rings is 2. The average molecular weight is 385 g/mol. The van der Waals surface area contributed by atoms with E-state index in [1.165, 1.54) is 5.39 Å². The van der Waals surface area contributed by atoms with Gasteiger partial charge in [-0.1, -0.05) is 12.1 Å². The Morgan fingerprint density at radius 3 is 2.76 bits per heavy atom. The lowest BCUT2D eigenvalue weighted by molar-refractivity contribution is -0.129. The van der Waals surface area contributed by atoms with E-state index in [1.807, 2.05) is 11.1 Å². The topological polar surface area (TPSA) is 73.9 Å². The van der Waals surface area contributed by atoms with Gasteiger partial charge < -0.3 is 15.2 Å². The maximum atomic E-state index is 11.6. The van der Waals surface area contributed by atoms with Gasteiger partial charge in [0.05, 0.1) is 11.0 Å². The Hall–Kier alpha value is -3.41. The summed E-state index contributed by atoms with van der Waals surface area (Å²) in [4.78, 5) is 25.9. The lowest BCUT2D eigenvalue weighted by Crippen LogP contribution is -2.41. The summed E-state index contributed by atoms with van der Waals surface area (Å²) in [6.07, 6.45) is 7.32. The molecule has 3 heterocycles. The molecule has 6 nitrogen and oxygen atoms in total. The minimum absolute atomic E-state index is 0.159. The molecule has 4 aromatic rings. The fourth-order valence-electron chi connectivity index (χ4n) is 4.17. The zero-order valence-electron chi connectivity index (χ0n) is 16.4. The third-order valence-electron chi connectivity index (χ3n) is 5.75. The molecule has 1 amide bonds. The van der Waals surface area contributed by atoms with E-state index in [2.05, 4.69) is 56.7 Å². The Morgan fingerprint density at radius 1 is 1.10 bits per heavy atom. The monoisotopic (exact) mass is 385 g/mol. The molecule has 1 aliphatic heterocycles. The van der Waals surface area contributed by atoms with E-state index in [1.54, 1.807) is 19.3 Å². The van der Waals surface area contributed by atoms with Crippen LogP contribution in [0.5, 0.6) is 0 Å². The summed E-state index contributed by atoms with van der Waals surface area (Å²) in [5.74, 6) is 0.159. The minimum Gasteiger partial charge on any atom is -0.382 e. The first-order chi connectivity index (χ1) is 14.2. The van der Waals surface area contributed by atoms with Crippen molar-refractivity contribution in [3.63, 3.8) is 0 Å². The predicted molar refractivity (Wildman–Crippen MR) is 116 cm³/mol. The van der Waals surface area contributed by atoms with Crippen molar-refractivity contribution in [2.75, 3.05) is 18.4 Å². The molecule has 6 heteroatoms. The van der Waals surface area contributed by atoms with Crippen LogP contribution in [-0.4, -0.2) is 44.9 Å². The average Bonchev–Trinajstić information content (AvgIpc) is 3.21. The molecule has 5 rings (SSSR count). The van der Waals surface area contributed by atoms with Crippen LogP contribution in [0, 0.1) is 0 Å². The first-order valence-electron chi connectivity index (χ1n) is 10.0. The van der Waals surface area contributed by atoms with Gasteiger partial charge in [0.15, 0.2) is 0 Å². The van der Waals surface area contributed by atoms with Crippen molar-refractivity contribution in [1.82, 2.24) is 19.9 Å². The minimum atomic E-state index is 0.159. The number of anilines is 1. The largest absolute Gasteiger partial charge is 0.382 e. The van der Waals surface area contributed by atoms with Crippen molar-refractivity contribution in [2.24, 2.45) is 0 Å². The third-order valence-corrected chi connectivity index (χ3v) is 5.75. The number of aromatic nitrogens is 3. The summed E-state index contributed by atoms with van der Waals surface area (Å²) in [6, 6.07) is 13.1. The maximum Gasteiger partial charge on any atom is 0.219 e. The zero-order valence-corrected chi connectivity index (χ0v) is 16.4. The fourth-order valence-corrected chi connectivity index (χ4v) is 4.17. The molecule has 0 aliphatic carbocycles. The zero-order chi connectivity index (χ0) is 19.8. The van der Waals surface area contributed by atoms with E-state index in [-0.39, 0.29) is 5.91 Å². The van der Waals surface area contributed by atoms with Gasteiger partial charge >= 0.3 is 0 Å². The highest BCUT2D eigenvalue weighted by molar-refractivity contribution is 5.96. The van der Waals surface area contributed by atoms with E-state index in [0.717, 1.165) is 59.3 Å². The molecule has 1 aliphatic rings. The van der Waals surface area contributed by atoms with Crippen molar-refractivity contribution in [3.8, 4) is 11.1 Å². The number of hydrogen-bond donors (Lipinski definition) is 2. The molecular weight excluding hydrogens is 362 g/mol. The fraction of sp³-hybridized carbons (Fsp3) is 0.261. The molecule has 1 saturated heterocycles. The number of piperidine rings is 1. The number of likely N-dealkylation sites (tertiary alicyclic amines) is 1. The van der Waals surface area contributed by atoms with Crippen molar-refractivity contribution in [3.05, 3.63) is 55.0 Å². The molecule has 0 radical (unpaired) electrons. The Labute approximate surface area is 169 Å². The lowest BCUT2D eigenvalue weighted by atomic mass is 10.00. The van der Waals surface area contributed by atoms with Gasteiger partial charge in [-0.25, -0.2) is 0 Å². The van der Waals surface area contributed by atoms with E-state index in [9.17, 15) is 4.79 Å². The van der Waals surface area contributed by atoms with Gasteiger partial charge in [-0.15, -0.1) is 0 Å². The Kier molecular flexibility index (Phi) is 4.39. The smallest absolute Gasteiger partial charge is 0.219 e. The molecule has 0 atom stereocenters. The molecule has 29 heavy (non-hydrogen) atoms. The summed E-state index contributed by atoms with van der Waals surface area (Å²) in [6.45, 7) is 3.25. The summed E-state index contributed by atoms with van der Waals surface area (Å²) >= 11 is 0. The van der Waals surface area contributed by atoms with Crippen LogP contribution in [0.1, 0.15) is 19.8 Å². The van der Waals surface area contributed by atoms with E-state index in [0.29, 0.717) is 6.04 Å². The van der Waals surface area contributed by atoms with Crippen molar-refractivity contribution in [2.45, 2.75) is 25.8 Å². The van der Waals surface area contributed by atoms with Crippen LogP contribution in [-0.2, 0) is 4.79 Å². The molecule has 0 bridgehead atoms. The van der Waals surface area contributed by atoms with Gasteiger partial charge in [0.1, 0.15) is 0 Å². The number of carbonyl (C=O) groups is 1. The number of hydrogen-bond acceptors (Lipinski definition) is 4. The normalized spacial score (nSPS) is 15.1. The van der Waals surface area contributed by atoms with Gasteiger partial charge in [0.2, 0.25) is 5.91 Å². The molecule has 0 spiro atoms. The molecule has 146 valence electrons. The highest BCUT2D eigenvalue weighted by Crippen LogP contribution is 2.32. The number of amides is 1. The van der Waals surface area contributed by atoms with Gasteiger partial charge in [-0.2, -0.15) is 0 Å².